The Morgan fingerprint density at radius 3 is 2.80 bits per heavy atom. The number of halogens is 2. The van der Waals surface area contributed by atoms with Gasteiger partial charge in [-0.1, -0.05) is 23.7 Å². The summed E-state index contributed by atoms with van der Waals surface area (Å²) in [5, 5.41) is 6.67. The summed E-state index contributed by atoms with van der Waals surface area (Å²) >= 11 is 6.18. The van der Waals surface area contributed by atoms with E-state index in [1.165, 1.54) is 6.07 Å². The van der Waals surface area contributed by atoms with Gasteiger partial charge in [-0.05, 0) is 39.0 Å². The van der Waals surface area contributed by atoms with E-state index in [1.807, 2.05) is 31.7 Å². The fraction of sp³-hybridized carbons (Fsp3) is 0.278. The molecule has 2 N–H and O–H groups in total. The van der Waals surface area contributed by atoms with Crippen molar-refractivity contribution in [3.63, 3.8) is 0 Å². The minimum absolute atomic E-state index is 0.200. The number of urea groups is 1. The number of benzene rings is 1. The topological polar surface area (TPSA) is 47.6 Å². The molecule has 3 aliphatic heterocycles. The first-order chi connectivity index (χ1) is 11.8. The lowest BCUT2D eigenvalue weighted by molar-refractivity contribution is 0.202. The summed E-state index contributed by atoms with van der Waals surface area (Å²) in [6.07, 6.45) is 5.04. The molecule has 3 heterocycles. The van der Waals surface area contributed by atoms with Crippen molar-refractivity contribution in [2.75, 3.05) is 5.32 Å². The summed E-state index contributed by atoms with van der Waals surface area (Å²) in [5.41, 5.74) is 1.22. The quantitative estimate of drug-likeness (QED) is 0.796. The molecule has 5 nitrogen and oxygen atoms in total. The normalized spacial score (nSPS) is 21.6. The maximum atomic E-state index is 14.3. The van der Waals surface area contributed by atoms with Crippen LogP contribution in [0.25, 0.3) is 5.70 Å². The van der Waals surface area contributed by atoms with Crippen molar-refractivity contribution in [1.82, 2.24) is 15.1 Å². The number of nitrogens with one attached hydrogen (secondary N) is 2. The predicted octanol–water partition coefficient (Wildman–Crippen LogP) is 3.98. The second kappa shape index (κ2) is 5.26. The smallest absolute Gasteiger partial charge is 0.328 e. The third-order valence-corrected chi connectivity index (χ3v) is 4.40. The van der Waals surface area contributed by atoms with Crippen LogP contribution in [0.1, 0.15) is 26.3 Å². The second-order valence-corrected chi connectivity index (χ2v) is 7.67. The number of nitrogens with zero attached hydrogens (tertiary/aromatic N) is 2. The second-order valence-electron chi connectivity index (χ2n) is 7.23. The molecule has 2 amide bonds. The van der Waals surface area contributed by atoms with E-state index < -0.39 is 5.82 Å². The molecule has 0 saturated carbocycles. The Bertz CT molecular complexity index is 868. The average molecular weight is 361 g/mol. The van der Waals surface area contributed by atoms with E-state index in [9.17, 15) is 9.18 Å². The van der Waals surface area contributed by atoms with Crippen LogP contribution in [0.3, 0.4) is 0 Å². The number of amides is 2. The number of anilines is 1. The Morgan fingerprint density at radius 2 is 2.08 bits per heavy atom. The van der Waals surface area contributed by atoms with Gasteiger partial charge in [0.05, 0.1) is 16.4 Å². The Kier molecular flexibility index (Phi) is 3.37. The van der Waals surface area contributed by atoms with Crippen LogP contribution in [0.5, 0.6) is 0 Å². The molecular formula is C18H18ClFN4O. The molecule has 4 rings (SSSR count). The van der Waals surface area contributed by atoms with Crippen molar-refractivity contribution in [2.45, 2.75) is 32.5 Å². The number of fused-ring (bicyclic) bond motifs is 5. The van der Waals surface area contributed by atoms with E-state index >= 15 is 0 Å². The van der Waals surface area contributed by atoms with E-state index in [0.717, 1.165) is 5.82 Å². The Hall–Kier alpha value is -2.47. The Morgan fingerprint density at radius 1 is 1.32 bits per heavy atom. The van der Waals surface area contributed by atoms with Gasteiger partial charge in [-0.25, -0.2) is 9.18 Å². The van der Waals surface area contributed by atoms with Crippen LogP contribution in [0.2, 0.25) is 0 Å². The van der Waals surface area contributed by atoms with Gasteiger partial charge in [0.15, 0.2) is 0 Å². The Labute approximate surface area is 150 Å². The highest BCUT2D eigenvalue weighted by molar-refractivity contribution is 6.31. The molecule has 1 unspecified atom stereocenters. The van der Waals surface area contributed by atoms with Crippen LogP contribution in [-0.2, 0) is 0 Å². The SMILES string of the molecule is CC(C)(C)NC1=C2c3cccc(F)c3NC(=O)N2C2C=CC(Cl)=CN12. The van der Waals surface area contributed by atoms with Gasteiger partial charge in [0, 0.05) is 17.3 Å². The minimum atomic E-state index is -0.456. The van der Waals surface area contributed by atoms with Crippen molar-refractivity contribution >= 4 is 29.0 Å². The van der Waals surface area contributed by atoms with Gasteiger partial charge in [0.1, 0.15) is 17.8 Å². The summed E-state index contributed by atoms with van der Waals surface area (Å²) in [5.74, 6) is 0.267. The highest BCUT2D eigenvalue weighted by atomic mass is 35.5. The summed E-state index contributed by atoms with van der Waals surface area (Å²) < 4.78 is 14.3. The molecule has 1 aromatic carbocycles. The third-order valence-electron chi connectivity index (χ3n) is 4.18. The minimum Gasteiger partial charge on any atom is -0.365 e. The van der Waals surface area contributed by atoms with Gasteiger partial charge in [-0.15, -0.1) is 0 Å². The first-order valence-corrected chi connectivity index (χ1v) is 8.39. The molecule has 0 aliphatic carbocycles. The molecule has 3 aliphatic rings. The van der Waals surface area contributed by atoms with Crippen molar-refractivity contribution in [1.29, 1.82) is 0 Å². The zero-order valence-corrected chi connectivity index (χ0v) is 14.9. The number of para-hydroxylation sites is 1. The van der Waals surface area contributed by atoms with E-state index in [0.29, 0.717) is 16.3 Å². The summed E-state index contributed by atoms with van der Waals surface area (Å²) in [6, 6.07) is 4.41. The first kappa shape index (κ1) is 16.0. The van der Waals surface area contributed by atoms with Gasteiger partial charge < -0.3 is 15.5 Å². The van der Waals surface area contributed by atoms with Crippen molar-refractivity contribution in [2.24, 2.45) is 0 Å². The summed E-state index contributed by atoms with van der Waals surface area (Å²) in [4.78, 5) is 16.2. The lowest BCUT2D eigenvalue weighted by Crippen LogP contribution is -2.46. The van der Waals surface area contributed by atoms with Gasteiger partial charge in [0.25, 0.3) is 0 Å². The van der Waals surface area contributed by atoms with E-state index in [4.69, 9.17) is 11.6 Å². The fourth-order valence-electron chi connectivity index (χ4n) is 3.27. The summed E-state index contributed by atoms with van der Waals surface area (Å²) in [6.45, 7) is 6.08. The molecule has 0 spiro atoms. The standard InChI is InChI=1S/C18H18ClFN4O/c1-18(2,3)22-16-15-11-5-4-6-12(20)14(11)21-17(25)24(15)13-8-7-10(19)9-23(13)16/h4-9,13,22H,1-3H3,(H,21,25). The zero-order valence-electron chi connectivity index (χ0n) is 14.1. The zero-order chi connectivity index (χ0) is 17.9. The molecule has 0 saturated heterocycles. The maximum Gasteiger partial charge on any atom is 0.328 e. The fourth-order valence-corrected chi connectivity index (χ4v) is 3.45. The summed E-state index contributed by atoms with van der Waals surface area (Å²) in [7, 11) is 0. The van der Waals surface area contributed by atoms with Crippen molar-refractivity contribution < 1.29 is 9.18 Å². The van der Waals surface area contributed by atoms with Crippen LogP contribution in [0.15, 0.2) is 47.4 Å². The van der Waals surface area contributed by atoms with Crippen molar-refractivity contribution in [3.05, 3.63) is 58.8 Å². The molecule has 0 bridgehead atoms. The number of hydrogen-bond donors (Lipinski definition) is 2. The largest absolute Gasteiger partial charge is 0.365 e. The number of hydrogen-bond acceptors (Lipinski definition) is 3. The molecular weight excluding hydrogens is 343 g/mol. The molecule has 1 aromatic rings. The van der Waals surface area contributed by atoms with Gasteiger partial charge in [-0.3, -0.25) is 4.90 Å². The van der Waals surface area contributed by atoms with Crippen LogP contribution < -0.4 is 10.6 Å². The molecule has 0 aromatic heterocycles. The van der Waals surface area contributed by atoms with Crippen LogP contribution in [0, 0.1) is 5.82 Å². The van der Waals surface area contributed by atoms with E-state index in [2.05, 4.69) is 10.6 Å². The van der Waals surface area contributed by atoms with E-state index in [1.54, 1.807) is 29.3 Å². The average Bonchev–Trinajstić information content (AvgIpc) is 2.82. The first-order valence-electron chi connectivity index (χ1n) is 8.02. The number of carbonyl (C=O) groups excluding carboxylic acids is 1. The highest BCUT2D eigenvalue weighted by Gasteiger charge is 2.46. The van der Waals surface area contributed by atoms with Crippen LogP contribution in [-0.4, -0.2) is 27.5 Å². The van der Waals surface area contributed by atoms with Gasteiger partial charge in [-0.2, -0.15) is 0 Å². The maximum absolute atomic E-state index is 14.3. The van der Waals surface area contributed by atoms with Gasteiger partial charge in [0.2, 0.25) is 0 Å². The molecule has 7 heteroatoms. The Balaban J connectivity index is 1.97. The van der Waals surface area contributed by atoms with E-state index in [-0.39, 0.29) is 23.4 Å². The lowest BCUT2D eigenvalue weighted by Gasteiger charge is -2.34. The van der Waals surface area contributed by atoms with Crippen molar-refractivity contribution in [3.8, 4) is 0 Å². The predicted molar refractivity (Wildman–Crippen MR) is 95.8 cm³/mol. The molecule has 0 radical (unpaired) electrons. The number of allylic oxidation sites excluding steroid dienone is 2. The molecule has 130 valence electrons. The number of carbonyl (C=O) groups is 1. The molecule has 0 fully saturated rings. The van der Waals surface area contributed by atoms with Gasteiger partial charge >= 0.3 is 6.03 Å². The monoisotopic (exact) mass is 360 g/mol. The lowest BCUT2D eigenvalue weighted by atomic mass is 10.0. The van der Waals surface area contributed by atoms with Crippen LogP contribution in [0.4, 0.5) is 14.9 Å². The number of rotatable bonds is 1. The third kappa shape index (κ3) is 2.48. The molecule has 1 atom stereocenters. The highest BCUT2D eigenvalue weighted by Crippen LogP contribution is 2.44. The van der Waals surface area contributed by atoms with Crippen LogP contribution >= 0.6 is 11.6 Å². The molecule has 25 heavy (non-hydrogen) atoms.